The highest BCUT2D eigenvalue weighted by atomic mass is 16.2. The van der Waals surface area contributed by atoms with Gasteiger partial charge in [0.2, 0.25) is 5.91 Å². The van der Waals surface area contributed by atoms with Gasteiger partial charge in [0.15, 0.2) is 0 Å². The fraction of sp³-hybridized carbons (Fsp3) is 0.296. The van der Waals surface area contributed by atoms with Crippen LogP contribution in [0.25, 0.3) is 11.1 Å². The van der Waals surface area contributed by atoms with Gasteiger partial charge in [0, 0.05) is 30.9 Å². The average molecular weight is 414 g/mol. The number of rotatable bonds is 5. The standard InChI is InChI=1S/C27H31N3O/c1-19-16-26(28-24-8-6-5-7-9-24)25-17-23(14-15-27(25)30(19)20(2)31)22-12-10-21(11-13-22)18-29(3)4/h5-15,17,19,26,28H,16,18H2,1-4H3. The SMILES string of the molecule is CC(=O)N1c2ccc(-c3ccc(CN(C)C)cc3)cc2C(Nc2ccccc2)CC1C. The van der Waals surface area contributed by atoms with Gasteiger partial charge < -0.3 is 15.1 Å². The molecule has 1 amide bonds. The molecule has 0 aliphatic carbocycles. The van der Waals surface area contributed by atoms with Crippen LogP contribution in [-0.4, -0.2) is 30.9 Å². The third kappa shape index (κ3) is 4.64. The van der Waals surface area contributed by atoms with Crippen molar-refractivity contribution in [3.63, 3.8) is 0 Å². The quantitative estimate of drug-likeness (QED) is 0.582. The Morgan fingerprint density at radius 1 is 1.00 bits per heavy atom. The summed E-state index contributed by atoms with van der Waals surface area (Å²) in [6, 6.07) is 25.8. The molecule has 1 aliphatic heterocycles. The van der Waals surface area contributed by atoms with Crippen molar-refractivity contribution >= 4 is 17.3 Å². The normalized spacial score (nSPS) is 18.0. The lowest BCUT2D eigenvalue weighted by atomic mass is 9.88. The van der Waals surface area contributed by atoms with Crippen LogP contribution in [-0.2, 0) is 11.3 Å². The van der Waals surface area contributed by atoms with Crippen LogP contribution in [0.4, 0.5) is 11.4 Å². The van der Waals surface area contributed by atoms with Crippen molar-refractivity contribution in [2.24, 2.45) is 0 Å². The molecule has 0 fully saturated rings. The van der Waals surface area contributed by atoms with E-state index in [2.05, 4.69) is 85.8 Å². The molecule has 4 heteroatoms. The Morgan fingerprint density at radius 2 is 1.68 bits per heavy atom. The van der Waals surface area contributed by atoms with Crippen molar-refractivity contribution < 1.29 is 4.79 Å². The third-order valence-corrected chi connectivity index (χ3v) is 5.92. The van der Waals surface area contributed by atoms with Gasteiger partial charge in [-0.25, -0.2) is 0 Å². The summed E-state index contributed by atoms with van der Waals surface area (Å²) in [5.74, 6) is 0.0905. The highest BCUT2D eigenvalue weighted by molar-refractivity contribution is 5.94. The molecule has 1 N–H and O–H groups in total. The fourth-order valence-electron chi connectivity index (χ4n) is 4.56. The Hall–Kier alpha value is -3.11. The number of hydrogen-bond acceptors (Lipinski definition) is 3. The second-order valence-electron chi connectivity index (χ2n) is 8.74. The molecule has 0 bridgehead atoms. The van der Waals surface area contributed by atoms with Crippen LogP contribution in [0.5, 0.6) is 0 Å². The fourth-order valence-corrected chi connectivity index (χ4v) is 4.56. The van der Waals surface area contributed by atoms with Crippen LogP contribution < -0.4 is 10.2 Å². The number of benzene rings is 3. The number of anilines is 2. The summed E-state index contributed by atoms with van der Waals surface area (Å²) in [6.07, 6.45) is 0.868. The molecule has 160 valence electrons. The van der Waals surface area contributed by atoms with E-state index < -0.39 is 0 Å². The molecule has 0 spiro atoms. The molecular formula is C27H31N3O. The Bertz CT molecular complexity index is 1040. The maximum absolute atomic E-state index is 12.4. The predicted octanol–water partition coefficient (Wildman–Crippen LogP) is 5.71. The van der Waals surface area contributed by atoms with E-state index in [4.69, 9.17) is 0 Å². The molecule has 2 unspecified atom stereocenters. The molecule has 1 heterocycles. The van der Waals surface area contributed by atoms with Crippen LogP contribution in [0.15, 0.2) is 72.8 Å². The molecule has 0 aromatic heterocycles. The topological polar surface area (TPSA) is 35.6 Å². The van der Waals surface area contributed by atoms with Crippen LogP contribution in [0.3, 0.4) is 0 Å². The number of para-hydroxylation sites is 1. The smallest absolute Gasteiger partial charge is 0.224 e. The summed E-state index contributed by atoms with van der Waals surface area (Å²) in [5.41, 5.74) is 6.94. The van der Waals surface area contributed by atoms with E-state index in [-0.39, 0.29) is 18.0 Å². The van der Waals surface area contributed by atoms with E-state index >= 15 is 0 Å². The van der Waals surface area contributed by atoms with Crippen molar-refractivity contribution in [3.8, 4) is 11.1 Å². The molecule has 3 aromatic rings. The molecular weight excluding hydrogens is 382 g/mol. The summed E-state index contributed by atoms with van der Waals surface area (Å²) in [7, 11) is 4.16. The number of nitrogens with zero attached hydrogens (tertiary/aromatic N) is 2. The molecule has 0 saturated carbocycles. The predicted molar refractivity (Wildman–Crippen MR) is 129 cm³/mol. The van der Waals surface area contributed by atoms with Gasteiger partial charge in [0.25, 0.3) is 0 Å². The molecule has 2 atom stereocenters. The van der Waals surface area contributed by atoms with E-state index in [1.807, 2.05) is 23.1 Å². The summed E-state index contributed by atoms with van der Waals surface area (Å²) < 4.78 is 0. The first kappa shape index (κ1) is 21.1. The van der Waals surface area contributed by atoms with E-state index in [1.165, 1.54) is 22.3 Å². The maximum atomic E-state index is 12.4. The molecule has 1 aliphatic rings. The number of hydrogen-bond donors (Lipinski definition) is 1. The number of fused-ring (bicyclic) bond motifs is 1. The molecule has 0 radical (unpaired) electrons. The Kier molecular flexibility index (Phi) is 6.10. The largest absolute Gasteiger partial charge is 0.378 e. The van der Waals surface area contributed by atoms with Gasteiger partial charge in [-0.05, 0) is 74.0 Å². The first-order valence-electron chi connectivity index (χ1n) is 10.9. The number of carbonyl (C=O) groups is 1. The lowest BCUT2D eigenvalue weighted by Gasteiger charge is -2.39. The summed E-state index contributed by atoms with van der Waals surface area (Å²) in [6.45, 7) is 4.71. The summed E-state index contributed by atoms with van der Waals surface area (Å²) in [4.78, 5) is 16.5. The lowest BCUT2D eigenvalue weighted by molar-refractivity contribution is -0.117. The molecule has 3 aromatic carbocycles. The van der Waals surface area contributed by atoms with Crippen LogP contribution in [0, 0.1) is 0 Å². The number of nitrogens with one attached hydrogen (secondary N) is 1. The average Bonchev–Trinajstić information content (AvgIpc) is 2.74. The highest BCUT2D eigenvalue weighted by Gasteiger charge is 2.32. The Labute approximate surface area is 185 Å². The van der Waals surface area contributed by atoms with Gasteiger partial charge in [-0.15, -0.1) is 0 Å². The van der Waals surface area contributed by atoms with Gasteiger partial charge in [-0.3, -0.25) is 4.79 Å². The minimum Gasteiger partial charge on any atom is -0.378 e. The Balaban J connectivity index is 1.71. The van der Waals surface area contributed by atoms with Crippen molar-refractivity contribution in [2.75, 3.05) is 24.3 Å². The van der Waals surface area contributed by atoms with E-state index in [0.717, 1.165) is 24.3 Å². The minimum atomic E-state index is 0.0905. The second kappa shape index (κ2) is 8.94. The third-order valence-electron chi connectivity index (χ3n) is 5.92. The lowest BCUT2D eigenvalue weighted by Crippen LogP contribution is -2.43. The summed E-state index contributed by atoms with van der Waals surface area (Å²) in [5, 5.41) is 3.69. The van der Waals surface area contributed by atoms with Gasteiger partial charge >= 0.3 is 0 Å². The van der Waals surface area contributed by atoms with Crippen molar-refractivity contribution in [1.82, 2.24) is 4.90 Å². The van der Waals surface area contributed by atoms with Crippen molar-refractivity contribution in [1.29, 1.82) is 0 Å². The zero-order valence-corrected chi connectivity index (χ0v) is 18.8. The monoisotopic (exact) mass is 413 g/mol. The second-order valence-corrected chi connectivity index (χ2v) is 8.74. The number of carbonyl (C=O) groups excluding carboxylic acids is 1. The van der Waals surface area contributed by atoms with Gasteiger partial charge in [0.05, 0.1) is 6.04 Å². The molecule has 4 nitrogen and oxygen atoms in total. The van der Waals surface area contributed by atoms with Crippen LogP contribution in [0.1, 0.15) is 37.4 Å². The Morgan fingerprint density at radius 3 is 2.32 bits per heavy atom. The van der Waals surface area contributed by atoms with Gasteiger partial charge in [0.1, 0.15) is 0 Å². The zero-order valence-electron chi connectivity index (χ0n) is 18.8. The number of amides is 1. The maximum Gasteiger partial charge on any atom is 0.224 e. The zero-order chi connectivity index (χ0) is 22.0. The molecule has 0 saturated heterocycles. The van der Waals surface area contributed by atoms with E-state index in [9.17, 15) is 4.79 Å². The summed E-state index contributed by atoms with van der Waals surface area (Å²) >= 11 is 0. The molecule has 4 rings (SSSR count). The van der Waals surface area contributed by atoms with Crippen LogP contribution in [0.2, 0.25) is 0 Å². The van der Waals surface area contributed by atoms with E-state index in [0.29, 0.717) is 0 Å². The first-order chi connectivity index (χ1) is 14.9. The molecule has 31 heavy (non-hydrogen) atoms. The van der Waals surface area contributed by atoms with E-state index in [1.54, 1.807) is 6.92 Å². The van der Waals surface area contributed by atoms with Crippen molar-refractivity contribution in [3.05, 3.63) is 83.9 Å². The highest BCUT2D eigenvalue weighted by Crippen LogP contribution is 2.41. The van der Waals surface area contributed by atoms with Crippen LogP contribution >= 0.6 is 0 Å². The van der Waals surface area contributed by atoms with Crippen molar-refractivity contribution in [2.45, 2.75) is 38.9 Å². The first-order valence-corrected chi connectivity index (χ1v) is 10.9. The van der Waals surface area contributed by atoms with Gasteiger partial charge in [-0.2, -0.15) is 0 Å². The van der Waals surface area contributed by atoms with Gasteiger partial charge in [-0.1, -0.05) is 48.5 Å². The minimum absolute atomic E-state index is 0.0905.